The van der Waals surface area contributed by atoms with Crippen molar-refractivity contribution in [2.75, 3.05) is 7.05 Å². The number of benzene rings is 2. The van der Waals surface area contributed by atoms with Gasteiger partial charge in [0.05, 0.1) is 0 Å². The zero-order chi connectivity index (χ0) is 19.4. The van der Waals surface area contributed by atoms with Gasteiger partial charge in [-0.3, -0.25) is 4.79 Å². The van der Waals surface area contributed by atoms with Gasteiger partial charge < -0.3 is 10.2 Å². The molecule has 1 aliphatic rings. The largest absolute Gasteiger partial charge is 0.358 e. The number of thiocarbonyl (C=S) groups is 1. The van der Waals surface area contributed by atoms with E-state index in [0.717, 1.165) is 24.0 Å². The third-order valence-electron chi connectivity index (χ3n) is 5.21. The zero-order valence-corrected chi connectivity index (χ0v) is 16.7. The highest BCUT2D eigenvalue weighted by Crippen LogP contribution is 2.42. The van der Waals surface area contributed by atoms with Crippen molar-refractivity contribution < 1.29 is 9.18 Å². The summed E-state index contributed by atoms with van der Waals surface area (Å²) >= 11 is 12.1. The highest BCUT2D eigenvalue weighted by atomic mass is 35.5. The molecule has 0 amide bonds. The van der Waals surface area contributed by atoms with Crippen LogP contribution in [0, 0.1) is 5.82 Å². The van der Waals surface area contributed by atoms with E-state index in [1.165, 1.54) is 12.1 Å². The zero-order valence-electron chi connectivity index (χ0n) is 15.2. The molecule has 0 bridgehead atoms. The van der Waals surface area contributed by atoms with Crippen molar-refractivity contribution in [3.05, 3.63) is 70.5 Å². The van der Waals surface area contributed by atoms with Gasteiger partial charge in [-0.15, -0.1) is 0 Å². The van der Waals surface area contributed by atoms with Gasteiger partial charge in [0.15, 0.2) is 10.9 Å². The number of halogens is 2. The standard InChI is InChI=1S/C21H22ClFN2OS/c1-25(20(27)24-14-15-9-11-16(23)12-10-15)21(13-5-4-8-19(21)26)17-6-2-3-7-18(17)22/h2-3,6-7,9-12H,4-5,8,13-14H2,1H3,(H,24,27). The first-order valence-corrected chi connectivity index (χ1v) is 9.78. The SMILES string of the molecule is CN(C(=S)NCc1ccc(F)cc1)C1(c2ccccc2Cl)CCCCC1=O. The highest BCUT2D eigenvalue weighted by molar-refractivity contribution is 7.80. The molecule has 0 radical (unpaired) electrons. The summed E-state index contributed by atoms with van der Waals surface area (Å²) in [4.78, 5) is 14.9. The summed E-state index contributed by atoms with van der Waals surface area (Å²) < 4.78 is 13.1. The van der Waals surface area contributed by atoms with Crippen LogP contribution in [0.5, 0.6) is 0 Å². The van der Waals surface area contributed by atoms with E-state index in [0.29, 0.717) is 29.5 Å². The number of rotatable bonds is 4. The number of hydrogen-bond donors (Lipinski definition) is 1. The predicted molar refractivity (Wildman–Crippen MR) is 110 cm³/mol. The number of nitrogens with zero attached hydrogens (tertiary/aromatic N) is 1. The number of Topliss-reactive ketones (excluding diaryl/α,β-unsaturated/α-hetero) is 1. The summed E-state index contributed by atoms with van der Waals surface area (Å²) in [6, 6.07) is 13.7. The monoisotopic (exact) mass is 404 g/mol. The van der Waals surface area contributed by atoms with Crippen molar-refractivity contribution in [3.8, 4) is 0 Å². The van der Waals surface area contributed by atoms with Gasteiger partial charge in [0, 0.05) is 30.6 Å². The van der Waals surface area contributed by atoms with Crippen molar-refractivity contribution in [2.45, 2.75) is 37.8 Å². The molecular weight excluding hydrogens is 383 g/mol. The Morgan fingerprint density at radius 1 is 1.22 bits per heavy atom. The molecule has 1 saturated carbocycles. The third kappa shape index (κ3) is 3.99. The third-order valence-corrected chi connectivity index (χ3v) is 5.96. The minimum Gasteiger partial charge on any atom is -0.358 e. The van der Waals surface area contributed by atoms with Crippen LogP contribution in [0.15, 0.2) is 48.5 Å². The molecule has 1 fully saturated rings. The van der Waals surface area contributed by atoms with Gasteiger partial charge in [0.2, 0.25) is 0 Å². The summed E-state index contributed by atoms with van der Waals surface area (Å²) in [6.45, 7) is 0.455. The lowest BCUT2D eigenvalue weighted by Gasteiger charge is -2.45. The number of nitrogens with one attached hydrogen (secondary N) is 1. The van der Waals surface area contributed by atoms with Gasteiger partial charge in [-0.1, -0.05) is 41.9 Å². The fourth-order valence-corrected chi connectivity index (χ4v) is 4.22. The Kier molecular flexibility index (Phi) is 6.12. The van der Waals surface area contributed by atoms with Crippen molar-refractivity contribution in [2.24, 2.45) is 0 Å². The predicted octanol–water partition coefficient (Wildman–Crippen LogP) is 4.82. The second-order valence-electron chi connectivity index (χ2n) is 6.81. The van der Waals surface area contributed by atoms with E-state index in [1.807, 2.05) is 36.2 Å². The molecule has 0 aromatic heterocycles. The lowest BCUT2D eigenvalue weighted by atomic mass is 9.74. The summed E-state index contributed by atoms with van der Waals surface area (Å²) in [5, 5.41) is 4.23. The molecule has 0 heterocycles. The molecule has 1 N–H and O–H groups in total. The van der Waals surface area contributed by atoms with Gasteiger partial charge in [-0.2, -0.15) is 0 Å². The maximum absolute atomic E-state index is 13.1. The van der Waals surface area contributed by atoms with Crippen LogP contribution in [0.25, 0.3) is 0 Å². The maximum Gasteiger partial charge on any atom is 0.170 e. The fourth-order valence-electron chi connectivity index (χ4n) is 3.70. The Morgan fingerprint density at radius 3 is 2.59 bits per heavy atom. The molecule has 0 aliphatic heterocycles. The second kappa shape index (κ2) is 8.36. The molecule has 27 heavy (non-hydrogen) atoms. The number of hydrogen-bond acceptors (Lipinski definition) is 2. The van der Waals surface area contributed by atoms with Gasteiger partial charge in [0.25, 0.3) is 0 Å². The Labute approximate surface area is 169 Å². The fraction of sp³-hybridized carbons (Fsp3) is 0.333. The van der Waals surface area contributed by atoms with Crippen LogP contribution in [-0.4, -0.2) is 22.8 Å². The van der Waals surface area contributed by atoms with Crippen LogP contribution >= 0.6 is 23.8 Å². The van der Waals surface area contributed by atoms with Crippen LogP contribution in [0.2, 0.25) is 5.02 Å². The van der Waals surface area contributed by atoms with E-state index in [9.17, 15) is 9.18 Å². The van der Waals surface area contributed by atoms with Crippen LogP contribution in [-0.2, 0) is 16.9 Å². The number of carbonyl (C=O) groups is 1. The summed E-state index contributed by atoms with van der Waals surface area (Å²) in [6.07, 6.45) is 3.00. The Bertz CT molecular complexity index is 842. The van der Waals surface area contributed by atoms with E-state index >= 15 is 0 Å². The molecule has 1 aliphatic carbocycles. The molecule has 6 heteroatoms. The molecule has 3 nitrogen and oxygen atoms in total. The average molecular weight is 405 g/mol. The van der Waals surface area contributed by atoms with Crippen molar-refractivity contribution in [3.63, 3.8) is 0 Å². The van der Waals surface area contributed by atoms with Crippen LogP contribution in [0.1, 0.15) is 36.8 Å². The Hall–Kier alpha value is -1.98. The molecule has 0 saturated heterocycles. The molecule has 1 atom stereocenters. The van der Waals surface area contributed by atoms with Crippen LogP contribution in [0.4, 0.5) is 4.39 Å². The minimum atomic E-state index is -0.858. The van der Waals surface area contributed by atoms with Crippen molar-refractivity contribution in [1.29, 1.82) is 0 Å². The first kappa shape index (κ1) is 19.8. The molecule has 3 rings (SSSR count). The average Bonchev–Trinajstić information content (AvgIpc) is 2.68. The molecule has 142 valence electrons. The van der Waals surface area contributed by atoms with E-state index in [-0.39, 0.29) is 11.6 Å². The van der Waals surface area contributed by atoms with Crippen LogP contribution in [0.3, 0.4) is 0 Å². The summed E-state index contributed by atoms with van der Waals surface area (Å²) in [7, 11) is 1.84. The molecule has 2 aromatic carbocycles. The normalized spacial score (nSPS) is 19.6. The molecule has 2 aromatic rings. The quantitative estimate of drug-likeness (QED) is 0.740. The smallest absolute Gasteiger partial charge is 0.170 e. The van der Waals surface area contributed by atoms with E-state index < -0.39 is 5.54 Å². The number of likely N-dealkylation sites (N-methyl/N-ethyl adjacent to an activating group) is 1. The first-order valence-electron chi connectivity index (χ1n) is 8.99. The Morgan fingerprint density at radius 2 is 1.93 bits per heavy atom. The second-order valence-corrected chi connectivity index (χ2v) is 7.61. The maximum atomic E-state index is 13.1. The summed E-state index contributed by atoms with van der Waals surface area (Å²) in [5.41, 5.74) is 0.849. The van der Waals surface area contributed by atoms with Gasteiger partial charge >= 0.3 is 0 Å². The highest BCUT2D eigenvalue weighted by Gasteiger charge is 2.47. The van der Waals surface area contributed by atoms with E-state index in [2.05, 4.69) is 5.32 Å². The van der Waals surface area contributed by atoms with E-state index in [4.69, 9.17) is 23.8 Å². The van der Waals surface area contributed by atoms with E-state index in [1.54, 1.807) is 12.1 Å². The van der Waals surface area contributed by atoms with Crippen molar-refractivity contribution >= 4 is 34.7 Å². The topological polar surface area (TPSA) is 32.3 Å². The molecule has 0 spiro atoms. The summed E-state index contributed by atoms with van der Waals surface area (Å²) in [5.74, 6) is -0.140. The first-order chi connectivity index (χ1) is 12.9. The minimum absolute atomic E-state index is 0.135. The van der Waals surface area contributed by atoms with Crippen molar-refractivity contribution in [1.82, 2.24) is 10.2 Å². The van der Waals surface area contributed by atoms with Gasteiger partial charge in [0.1, 0.15) is 11.4 Å². The van der Waals surface area contributed by atoms with Crippen LogP contribution < -0.4 is 5.32 Å². The number of carbonyl (C=O) groups excluding carboxylic acids is 1. The lowest BCUT2D eigenvalue weighted by molar-refractivity contribution is -0.131. The van der Waals surface area contributed by atoms with Gasteiger partial charge in [-0.25, -0.2) is 4.39 Å². The Balaban J connectivity index is 1.85. The molecular formula is C21H22ClFN2OS. The number of ketones is 1. The molecule has 1 unspecified atom stereocenters. The van der Waals surface area contributed by atoms with Gasteiger partial charge in [-0.05, 0) is 55.2 Å². The lowest BCUT2D eigenvalue weighted by Crippen LogP contribution is -2.56.